The number of ether oxygens (including phenoxy) is 1. The van der Waals surface area contributed by atoms with Crippen LogP contribution in [-0.2, 0) is 4.79 Å². The molecule has 1 aromatic rings. The molecular formula is C10H13N2O2+. The van der Waals surface area contributed by atoms with E-state index in [1.54, 1.807) is 19.9 Å². The normalized spacial score (nSPS) is 18.1. The summed E-state index contributed by atoms with van der Waals surface area (Å²) < 4.78 is 5.55. The smallest absolute Gasteiger partial charge is 0.268 e. The van der Waals surface area contributed by atoms with Gasteiger partial charge in [-0.05, 0) is 19.9 Å². The summed E-state index contributed by atoms with van der Waals surface area (Å²) >= 11 is 0. The number of fused-ring (bicyclic) bond motifs is 1. The summed E-state index contributed by atoms with van der Waals surface area (Å²) in [5.74, 6) is 0.567. The zero-order chi connectivity index (χ0) is 10.3. The van der Waals surface area contributed by atoms with Crippen molar-refractivity contribution in [1.82, 2.24) is 0 Å². The van der Waals surface area contributed by atoms with Crippen LogP contribution in [0.5, 0.6) is 5.75 Å². The Morgan fingerprint density at radius 1 is 1.43 bits per heavy atom. The number of quaternary nitrogens is 1. The van der Waals surface area contributed by atoms with Crippen LogP contribution in [0.15, 0.2) is 18.2 Å². The van der Waals surface area contributed by atoms with E-state index in [0.29, 0.717) is 11.4 Å². The Kier molecular flexibility index (Phi) is 1.75. The standard InChI is InChI=1S/C10H12N2O2/c1-10(2)9(13)12-7-5-6(11)3-4-8(7)14-10/h3-5H,11H2,1-2H3,(H,12,13)/p+1. The molecule has 1 aliphatic heterocycles. The third kappa shape index (κ3) is 1.33. The Morgan fingerprint density at radius 3 is 2.86 bits per heavy atom. The van der Waals surface area contributed by atoms with Crippen LogP contribution in [0.3, 0.4) is 0 Å². The number of hydrogen-bond donors (Lipinski definition) is 2. The van der Waals surface area contributed by atoms with Gasteiger partial charge in [0.2, 0.25) is 0 Å². The summed E-state index contributed by atoms with van der Waals surface area (Å²) in [6, 6.07) is 5.47. The van der Waals surface area contributed by atoms with Crippen molar-refractivity contribution in [2.75, 3.05) is 5.32 Å². The number of benzene rings is 1. The van der Waals surface area contributed by atoms with Gasteiger partial charge in [0, 0.05) is 12.1 Å². The van der Waals surface area contributed by atoms with Crippen LogP contribution in [-0.4, -0.2) is 11.5 Å². The lowest BCUT2D eigenvalue weighted by molar-refractivity contribution is -0.254. The molecule has 0 radical (unpaired) electrons. The van der Waals surface area contributed by atoms with Crippen molar-refractivity contribution < 1.29 is 15.3 Å². The average molecular weight is 193 g/mol. The fourth-order valence-corrected chi connectivity index (χ4v) is 1.36. The second-order valence-electron chi connectivity index (χ2n) is 3.90. The predicted molar refractivity (Wildman–Crippen MR) is 52.3 cm³/mol. The lowest BCUT2D eigenvalue weighted by Gasteiger charge is -2.31. The van der Waals surface area contributed by atoms with E-state index in [-0.39, 0.29) is 5.91 Å². The predicted octanol–water partition coefficient (Wildman–Crippen LogP) is 0.669. The highest BCUT2D eigenvalue weighted by molar-refractivity contribution is 6.00. The second kappa shape index (κ2) is 2.72. The van der Waals surface area contributed by atoms with Gasteiger partial charge >= 0.3 is 0 Å². The monoisotopic (exact) mass is 193 g/mol. The minimum atomic E-state index is -0.796. The van der Waals surface area contributed by atoms with E-state index in [1.807, 2.05) is 12.1 Å². The molecule has 0 bridgehead atoms. The highest BCUT2D eigenvalue weighted by Crippen LogP contribution is 2.34. The van der Waals surface area contributed by atoms with Gasteiger partial charge in [0.15, 0.2) is 5.60 Å². The fraction of sp³-hybridized carbons (Fsp3) is 0.300. The first kappa shape index (κ1) is 9.02. The molecule has 0 unspecified atom stereocenters. The first-order valence-electron chi connectivity index (χ1n) is 4.45. The molecule has 0 fully saturated rings. The zero-order valence-electron chi connectivity index (χ0n) is 8.26. The highest BCUT2D eigenvalue weighted by Gasteiger charge is 2.35. The van der Waals surface area contributed by atoms with E-state index in [1.165, 1.54) is 0 Å². The summed E-state index contributed by atoms with van der Waals surface area (Å²) in [6.07, 6.45) is 0. The maximum absolute atomic E-state index is 11.5. The van der Waals surface area contributed by atoms with E-state index in [0.717, 1.165) is 5.69 Å². The molecule has 0 aliphatic carbocycles. The number of anilines is 1. The molecule has 0 atom stereocenters. The van der Waals surface area contributed by atoms with Gasteiger partial charge in [-0.3, -0.25) is 4.79 Å². The molecule has 4 nitrogen and oxygen atoms in total. The van der Waals surface area contributed by atoms with Gasteiger partial charge in [0.05, 0.1) is 5.69 Å². The summed E-state index contributed by atoms with van der Waals surface area (Å²) in [7, 11) is 0. The summed E-state index contributed by atoms with van der Waals surface area (Å²) in [5, 5.41) is 2.79. The minimum Gasteiger partial charge on any atom is -0.476 e. The molecule has 74 valence electrons. The Morgan fingerprint density at radius 2 is 2.14 bits per heavy atom. The third-order valence-corrected chi connectivity index (χ3v) is 2.20. The topological polar surface area (TPSA) is 66.0 Å². The Labute approximate surface area is 82.1 Å². The van der Waals surface area contributed by atoms with Gasteiger partial charge in [0.25, 0.3) is 5.91 Å². The molecule has 1 amide bonds. The Hall–Kier alpha value is -1.55. The van der Waals surface area contributed by atoms with Crippen molar-refractivity contribution in [2.24, 2.45) is 0 Å². The molecule has 1 aromatic carbocycles. The van der Waals surface area contributed by atoms with Gasteiger partial charge < -0.3 is 15.8 Å². The van der Waals surface area contributed by atoms with E-state index >= 15 is 0 Å². The SMILES string of the molecule is CC1(C)Oc2ccc([NH3+])cc2NC1=O. The van der Waals surface area contributed by atoms with Crippen LogP contribution in [0.4, 0.5) is 11.4 Å². The molecule has 14 heavy (non-hydrogen) atoms. The largest absolute Gasteiger partial charge is 0.476 e. The molecule has 0 spiro atoms. The van der Waals surface area contributed by atoms with Gasteiger partial charge in [0.1, 0.15) is 11.4 Å². The zero-order valence-corrected chi connectivity index (χ0v) is 8.26. The van der Waals surface area contributed by atoms with Crippen LogP contribution in [0, 0.1) is 0 Å². The lowest BCUT2D eigenvalue weighted by atomic mass is 10.1. The van der Waals surface area contributed by atoms with Crippen LogP contribution >= 0.6 is 0 Å². The molecule has 4 heteroatoms. The number of amides is 1. The van der Waals surface area contributed by atoms with E-state index in [9.17, 15) is 4.79 Å². The van der Waals surface area contributed by atoms with Crippen molar-refractivity contribution in [3.63, 3.8) is 0 Å². The number of rotatable bonds is 0. The summed E-state index contributed by atoms with van der Waals surface area (Å²) in [6.45, 7) is 3.48. The fourth-order valence-electron chi connectivity index (χ4n) is 1.36. The van der Waals surface area contributed by atoms with E-state index < -0.39 is 5.60 Å². The highest BCUT2D eigenvalue weighted by atomic mass is 16.5. The van der Waals surface area contributed by atoms with Gasteiger partial charge in [-0.2, -0.15) is 0 Å². The van der Waals surface area contributed by atoms with E-state index in [2.05, 4.69) is 11.1 Å². The van der Waals surface area contributed by atoms with Crippen LogP contribution in [0.2, 0.25) is 0 Å². The molecule has 2 rings (SSSR count). The van der Waals surface area contributed by atoms with Crippen LogP contribution < -0.4 is 15.8 Å². The summed E-state index contributed by atoms with van der Waals surface area (Å²) in [5.41, 5.74) is 4.54. The second-order valence-corrected chi connectivity index (χ2v) is 3.90. The first-order valence-corrected chi connectivity index (χ1v) is 4.45. The molecular weight excluding hydrogens is 180 g/mol. The van der Waals surface area contributed by atoms with Crippen LogP contribution in [0.1, 0.15) is 13.8 Å². The number of carbonyl (C=O) groups is 1. The minimum absolute atomic E-state index is 0.129. The van der Waals surface area contributed by atoms with Crippen molar-refractivity contribution >= 4 is 17.3 Å². The molecule has 1 heterocycles. The maximum atomic E-state index is 11.5. The molecule has 1 aliphatic rings. The number of nitrogens with one attached hydrogen (secondary N) is 1. The molecule has 0 saturated carbocycles. The Bertz CT molecular complexity index is 399. The number of hydrogen-bond acceptors (Lipinski definition) is 2. The first-order chi connectivity index (χ1) is 6.49. The van der Waals surface area contributed by atoms with E-state index in [4.69, 9.17) is 4.74 Å². The average Bonchev–Trinajstić information content (AvgIpc) is 2.08. The van der Waals surface area contributed by atoms with Crippen molar-refractivity contribution in [1.29, 1.82) is 0 Å². The van der Waals surface area contributed by atoms with Crippen molar-refractivity contribution in [3.8, 4) is 5.75 Å². The van der Waals surface area contributed by atoms with Gasteiger partial charge in [-0.1, -0.05) is 0 Å². The number of carbonyl (C=O) groups excluding carboxylic acids is 1. The molecule has 4 N–H and O–H groups in total. The molecule has 0 aromatic heterocycles. The van der Waals surface area contributed by atoms with Gasteiger partial charge in [-0.25, -0.2) is 0 Å². The Balaban J connectivity index is 2.46. The maximum Gasteiger partial charge on any atom is 0.268 e. The van der Waals surface area contributed by atoms with Crippen LogP contribution in [0.25, 0.3) is 0 Å². The molecule has 0 saturated heterocycles. The summed E-state index contributed by atoms with van der Waals surface area (Å²) in [4.78, 5) is 11.5. The quantitative estimate of drug-likeness (QED) is 0.636. The van der Waals surface area contributed by atoms with Crippen molar-refractivity contribution in [3.05, 3.63) is 18.2 Å². The lowest BCUT2D eigenvalue weighted by Crippen LogP contribution is -2.46. The van der Waals surface area contributed by atoms with Gasteiger partial charge in [-0.15, -0.1) is 0 Å². The third-order valence-electron chi connectivity index (χ3n) is 2.20. The van der Waals surface area contributed by atoms with Crippen molar-refractivity contribution in [2.45, 2.75) is 19.4 Å².